The van der Waals surface area contributed by atoms with Gasteiger partial charge in [-0.1, -0.05) is 19.4 Å². The summed E-state index contributed by atoms with van der Waals surface area (Å²) in [6.45, 7) is 13.3. The standard InChI is InChI=1S/C15H25NO2/c1-12(2)7-8-17-11-15-6-5-14(18-15)10-16-9-13(3)4/h5-6,13,16H,1,7-11H2,2-4H3. The van der Waals surface area contributed by atoms with Gasteiger partial charge in [0.05, 0.1) is 13.2 Å². The number of furan rings is 1. The zero-order valence-electron chi connectivity index (χ0n) is 11.8. The van der Waals surface area contributed by atoms with Crippen LogP contribution in [0.2, 0.25) is 0 Å². The molecule has 0 saturated carbocycles. The zero-order chi connectivity index (χ0) is 13.4. The Kier molecular flexibility index (Phi) is 6.76. The third-order valence-electron chi connectivity index (χ3n) is 2.49. The molecule has 0 aliphatic carbocycles. The van der Waals surface area contributed by atoms with Crippen LogP contribution in [0.1, 0.15) is 38.7 Å². The third kappa shape index (κ3) is 6.62. The summed E-state index contributed by atoms with van der Waals surface area (Å²) in [7, 11) is 0. The highest BCUT2D eigenvalue weighted by molar-refractivity contribution is 5.06. The molecule has 102 valence electrons. The van der Waals surface area contributed by atoms with Crippen LogP contribution in [0.15, 0.2) is 28.7 Å². The van der Waals surface area contributed by atoms with E-state index in [0.717, 1.165) is 36.6 Å². The molecular formula is C15H25NO2. The lowest BCUT2D eigenvalue weighted by Crippen LogP contribution is -2.18. The van der Waals surface area contributed by atoms with E-state index in [-0.39, 0.29) is 0 Å². The van der Waals surface area contributed by atoms with Crippen LogP contribution in [0.25, 0.3) is 0 Å². The highest BCUT2D eigenvalue weighted by Crippen LogP contribution is 2.09. The van der Waals surface area contributed by atoms with E-state index in [4.69, 9.17) is 9.15 Å². The first-order valence-corrected chi connectivity index (χ1v) is 6.58. The Labute approximate surface area is 110 Å². The lowest BCUT2D eigenvalue weighted by atomic mass is 10.2. The second-order valence-corrected chi connectivity index (χ2v) is 5.15. The number of hydrogen-bond donors (Lipinski definition) is 1. The molecule has 1 N–H and O–H groups in total. The monoisotopic (exact) mass is 251 g/mol. The third-order valence-corrected chi connectivity index (χ3v) is 2.49. The highest BCUT2D eigenvalue weighted by Gasteiger charge is 2.02. The van der Waals surface area contributed by atoms with E-state index < -0.39 is 0 Å². The van der Waals surface area contributed by atoms with E-state index in [0.29, 0.717) is 19.1 Å². The number of nitrogens with one attached hydrogen (secondary N) is 1. The first-order chi connectivity index (χ1) is 8.58. The quantitative estimate of drug-likeness (QED) is 0.539. The van der Waals surface area contributed by atoms with E-state index in [1.165, 1.54) is 0 Å². The first kappa shape index (κ1) is 15.0. The second kappa shape index (κ2) is 8.11. The van der Waals surface area contributed by atoms with Gasteiger partial charge in [0.25, 0.3) is 0 Å². The Hall–Kier alpha value is -1.06. The Balaban J connectivity index is 2.19. The molecule has 18 heavy (non-hydrogen) atoms. The van der Waals surface area contributed by atoms with Gasteiger partial charge in [-0.3, -0.25) is 0 Å². The van der Waals surface area contributed by atoms with Crippen molar-refractivity contribution in [3.63, 3.8) is 0 Å². The van der Waals surface area contributed by atoms with Crippen LogP contribution < -0.4 is 5.32 Å². The fraction of sp³-hybridized carbons (Fsp3) is 0.600. The van der Waals surface area contributed by atoms with E-state index in [9.17, 15) is 0 Å². The Bertz CT molecular complexity index is 355. The molecule has 0 fully saturated rings. The molecule has 0 atom stereocenters. The normalized spacial score (nSPS) is 11.1. The SMILES string of the molecule is C=C(C)CCOCc1ccc(CNCC(C)C)o1. The van der Waals surface area contributed by atoms with Gasteiger partial charge in [0.2, 0.25) is 0 Å². The highest BCUT2D eigenvalue weighted by atomic mass is 16.5. The Morgan fingerprint density at radius 3 is 2.78 bits per heavy atom. The molecule has 0 saturated heterocycles. The van der Waals surface area contributed by atoms with Gasteiger partial charge >= 0.3 is 0 Å². The number of ether oxygens (including phenoxy) is 1. The molecule has 0 radical (unpaired) electrons. The Morgan fingerprint density at radius 1 is 1.39 bits per heavy atom. The Morgan fingerprint density at radius 2 is 2.11 bits per heavy atom. The molecule has 0 spiro atoms. The molecule has 3 heteroatoms. The minimum atomic E-state index is 0.539. The molecule has 0 unspecified atom stereocenters. The largest absolute Gasteiger partial charge is 0.462 e. The molecular weight excluding hydrogens is 226 g/mol. The predicted octanol–water partition coefficient (Wildman–Crippen LogP) is 3.51. The summed E-state index contributed by atoms with van der Waals surface area (Å²) in [5.74, 6) is 2.51. The number of hydrogen-bond acceptors (Lipinski definition) is 3. The van der Waals surface area contributed by atoms with Gasteiger partial charge in [-0.2, -0.15) is 0 Å². The fourth-order valence-electron chi connectivity index (χ4n) is 1.50. The van der Waals surface area contributed by atoms with Gasteiger partial charge in [-0.05, 0) is 37.9 Å². The van der Waals surface area contributed by atoms with E-state index in [2.05, 4.69) is 25.7 Å². The van der Waals surface area contributed by atoms with Crippen molar-refractivity contribution in [1.29, 1.82) is 0 Å². The first-order valence-electron chi connectivity index (χ1n) is 6.58. The van der Waals surface area contributed by atoms with Crippen molar-refractivity contribution in [3.05, 3.63) is 35.8 Å². The molecule has 0 bridgehead atoms. The molecule has 0 aromatic carbocycles. The summed E-state index contributed by atoms with van der Waals surface area (Å²) in [6, 6.07) is 3.98. The van der Waals surface area contributed by atoms with E-state index in [1.807, 2.05) is 19.1 Å². The zero-order valence-corrected chi connectivity index (χ0v) is 11.8. The molecule has 0 aliphatic heterocycles. The van der Waals surface area contributed by atoms with Crippen LogP contribution in [0, 0.1) is 5.92 Å². The summed E-state index contributed by atoms with van der Waals surface area (Å²) in [5.41, 5.74) is 1.15. The minimum absolute atomic E-state index is 0.539. The van der Waals surface area contributed by atoms with Crippen LogP contribution in [0.4, 0.5) is 0 Å². The maximum absolute atomic E-state index is 5.66. The molecule has 0 aliphatic rings. The van der Waals surface area contributed by atoms with Crippen molar-refractivity contribution in [1.82, 2.24) is 5.32 Å². The molecule has 1 aromatic rings. The minimum Gasteiger partial charge on any atom is -0.462 e. The van der Waals surface area contributed by atoms with Crippen molar-refractivity contribution in [3.8, 4) is 0 Å². The maximum atomic E-state index is 5.66. The lowest BCUT2D eigenvalue weighted by molar-refractivity contribution is 0.108. The van der Waals surface area contributed by atoms with Crippen LogP contribution in [0.5, 0.6) is 0 Å². The molecule has 1 aromatic heterocycles. The molecule has 1 rings (SSSR count). The summed E-state index contributed by atoms with van der Waals surface area (Å²) in [6.07, 6.45) is 0.906. The molecule has 3 nitrogen and oxygen atoms in total. The smallest absolute Gasteiger partial charge is 0.129 e. The second-order valence-electron chi connectivity index (χ2n) is 5.15. The van der Waals surface area contributed by atoms with Crippen molar-refractivity contribution in [2.24, 2.45) is 5.92 Å². The van der Waals surface area contributed by atoms with Crippen molar-refractivity contribution < 1.29 is 9.15 Å². The lowest BCUT2D eigenvalue weighted by Gasteiger charge is -2.05. The average molecular weight is 251 g/mol. The predicted molar refractivity (Wildman–Crippen MR) is 74.3 cm³/mol. The van der Waals surface area contributed by atoms with Gasteiger partial charge in [0.15, 0.2) is 0 Å². The van der Waals surface area contributed by atoms with E-state index >= 15 is 0 Å². The van der Waals surface area contributed by atoms with Gasteiger partial charge in [0.1, 0.15) is 18.1 Å². The van der Waals surface area contributed by atoms with Gasteiger partial charge in [-0.15, -0.1) is 6.58 Å². The van der Waals surface area contributed by atoms with Crippen LogP contribution >= 0.6 is 0 Å². The summed E-state index contributed by atoms with van der Waals surface area (Å²) < 4.78 is 11.2. The molecule has 0 amide bonds. The topological polar surface area (TPSA) is 34.4 Å². The summed E-state index contributed by atoms with van der Waals surface area (Å²) in [5, 5.41) is 3.35. The molecule has 1 heterocycles. The summed E-state index contributed by atoms with van der Waals surface area (Å²) in [4.78, 5) is 0. The summed E-state index contributed by atoms with van der Waals surface area (Å²) >= 11 is 0. The van der Waals surface area contributed by atoms with Gasteiger partial charge < -0.3 is 14.5 Å². The van der Waals surface area contributed by atoms with Crippen molar-refractivity contribution >= 4 is 0 Å². The van der Waals surface area contributed by atoms with Crippen LogP contribution in [-0.4, -0.2) is 13.2 Å². The van der Waals surface area contributed by atoms with Gasteiger partial charge in [0, 0.05) is 0 Å². The van der Waals surface area contributed by atoms with Crippen LogP contribution in [-0.2, 0) is 17.9 Å². The van der Waals surface area contributed by atoms with Gasteiger partial charge in [-0.25, -0.2) is 0 Å². The number of rotatable bonds is 9. The maximum Gasteiger partial charge on any atom is 0.129 e. The van der Waals surface area contributed by atoms with Crippen molar-refractivity contribution in [2.45, 2.75) is 40.3 Å². The average Bonchev–Trinajstić information content (AvgIpc) is 2.72. The van der Waals surface area contributed by atoms with E-state index in [1.54, 1.807) is 0 Å². The fourth-order valence-corrected chi connectivity index (χ4v) is 1.50. The van der Waals surface area contributed by atoms with Crippen LogP contribution in [0.3, 0.4) is 0 Å². The van der Waals surface area contributed by atoms with Crippen molar-refractivity contribution in [2.75, 3.05) is 13.2 Å².